The number of ketones is 1. The van der Waals surface area contributed by atoms with Gasteiger partial charge in [-0.2, -0.15) is 0 Å². The molecule has 0 aliphatic carbocycles. The van der Waals surface area contributed by atoms with Crippen molar-refractivity contribution < 1.29 is 23.9 Å². The molecule has 0 aromatic heterocycles. The minimum atomic E-state index is -0.940. The molecule has 8 heteroatoms. The van der Waals surface area contributed by atoms with E-state index in [1.807, 2.05) is 0 Å². The zero-order valence-corrected chi connectivity index (χ0v) is 19.5. The van der Waals surface area contributed by atoms with Gasteiger partial charge in [0.1, 0.15) is 18.5 Å². The van der Waals surface area contributed by atoms with Crippen LogP contribution >= 0.6 is 0 Å². The van der Waals surface area contributed by atoms with Gasteiger partial charge in [0.05, 0.1) is 0 Å². The molecule has 7 nitrogen and oxygen atoms in total. The van der Waals surface area contributed by atoms with Crippen LogP contribution in [-0.4, -0.2) is 41.9 Å². The molecule has 0 saturated heterocycles. The number of carbonyl (C=O) groups excluding carboxylic acids is 3. The number of anilines is 1. The Morgan fingerprint density at radius 1 is 0.889 bits per heavy atom. The van der Waals surface area contributed by atoms with Gasteiger partial charge in [-0.05, 0) is 72.6 Å². The third-order valence-electron chi connectivity index (χ3n) is 5.31. The molecule has 0 saturated carbocycles. The number of nitrogens with one attached hydrogen (secondary N) is 2. The number of hydrogen-bond acceptors (Lipinski definition) is 5. The van der Waals surface area contributed by atoms with E-state index in [-0.39, 0.29) is 24.7 Å². The van der Waals surface area contributed by atoms with Gasteiger partial charge in [0.15, 0.2) is 5.78 Å². The largest absolute Gasteiger partial charge is 0.388 e. The van der Waals surface area contributed by atoms with Crippen LogP contribution < -0.4 is 16.4 Å². The van der Waals surface area contributed by atoms with Gasteiger partial charge in [0.25, 0.3) is 5.91 Å². The molecular formula is C28H26FN3O4. The summed E-state index contributed by atoms with van der Waals surface area (Å²) in [6.45, 7) is -0.797. The van der Waals surface area contributed by atoms with E-state index in [0.29, 0.717) is 23.2 Å². The number of Topliss-reactive ketones (excluding diaryl/α,β-unsaturated/α-hetero) is 1. The first-order valence-corrected chi connectivity index (χ1v) is 11.3. The Morgan fingerprint density at radius 2 is 1.47 bits per heavy atom. The van der Waals surface area contributed by atoms with Crippen molar-refractivity contribution in [3.05, 3.63) is 101 Å². The highest BCUT2D eigenvalue weighted by molar-refractivity contribution is 5.98. The number of amides is 2. The summed E-state index contributed by atoms with van der Waals surface area (Å²) in [6, 6.07) is 18.8. The molecule has 3 aromatic carbocycles. The maximum atomic E-state index is 13.0. The van der Waals surface area contributed by atoms with Crippen molar-refractivity contribution in [1.29, 1.82) is 0 Å². The number of halogens is 1. The van der Waals surface area contributed by atoms with Crippen LogP contribution in [0.1, 0.15) is 33.5 Å². The number of aryl methyl sites for hydroxylation is 1. The van der Waals surface area contributed by atoms with E-state index in [0.717, 1.165) is 11.1 Å². The van der Waals surface area contributed by atoms with Gasteiger partial charge in [-0.15, -0.1) is 0 Å². The normalized spacial score (nSPS) is 11.1. The van der Waals surface area contributed by atoms with E-state index >= 15 is 0 Å². The second kappa shape index (κ2) is 13.0. The molecule has 0 fully saturated rings. The summed E-state index contributed by atoms with van der Waals surface area (Å²) < 4.78 is 13.0. The Morgan fingerprint density at radius 3 is 2.03 bits per heavy atom. The summed E-state index contributed by atoms with van der Waals surface area (Å²) in [5.41, 5.74) is 8.78. The van der Waals surface area contributed by atoms with Crippen LogP contribution in [0.4, 0.5) is 10.1 Å². The average molecular weight is 488 g/mol. The van der Waals surface area contributed by atoms with Crippen LogP contribution in [0.5, 0.6) is 0 Å². The summed E-state index contributed by atoms with van der Waals surface area (Å²) >= 11 is 0. The molecule has 1 atom stereocenters. The lowest BCUT2D eigenvalue weighted by atomic mass is 10.1. The highest BCUT2D eigenvalue weighted by atomic mass is 19.1. The summed E-state index contributed by atoms with van der Waals surface area (Å²) in [4.78, 5) is 36.0. The molecule has 36 heavy (non-hydrogen) atoms. The number of rotatable bonds is 9. The Labute approximate surface area is 208 Å². The Bertz CT molecular complexity index is 1260. The molecule has 2 amide bonds. The molecule has 184 valence electrons. The average Bonchev–Trinajstić information content (AvgIpc) is 2.90. The molecule has 3 aromatic rings. The maximum Gasteiger partial charge on any atom is 0.251 e. The lowest BCUT2D eigenvalue weighted by Gasteiger charge is -2.14. The van der Waals surface area contributed by atoms with Crippen molar-refractivity contribution in [1.82, 2.24) is 5.32 Å². The van der Waals surface area contributed by atoms with Crippen LogP contribution in [0.3, 0.4) is 0 Å². The molecule has 0 radical (unpaired) electrons. The van der Waals surface area contributed by atoms with Crippen molar-refractivity contribution in [2.24, 2.45) is 5.73 Å². The first kappa shape index (κ1) is 26.3. The molecule has 0 heterocycles. The fraction of sp³-hybridized carbons (Fsp3) is 0.179. The summed E-state index contributed by atoms with van der Waals surface area (Å²) in [6.07, 6.45) is 0.802. The van der Waals surface area contributed by atoms with E-state index in [2.05, 4.69) is 22.5 Å². The van der Waals surface area contributed by atoms with Crippen LogP contribution in [0.2, 0.25) is 0 Å². The summed E-state index contributed by atoms with van der Waals surface area (Å²) in [5, 5.41) is 14.3. The Hall–Kier alpha value is -4.32. The van der Waals surface area contributed by atoms with E-state index in [1.165, 1.54) is 12.1 Å². The SMILES string of the molecule is NC[C@H](NC(=O)c1ccc(C#Cc2ccc(NC(=O)CCc3ccc(F)cc3)cc2)cc1)C(=O)CO. The smallest absolute Gasteiger partial charge is 0.251 e. The van der Waals surface area contributed by atoms with E-state index in [1.54, 1.807) is 60.7 Å². The van der Waals surface area contributed by atoms with Gasteiger partial charge >= 0.3 is 0 Å². The molecule has 0 bridgehead atoms. The Kier molecular flexibility index (Phi) is 9.46. The maximum absolute atomic E-state index is 13.0. The van der Waals surface area contributed by atoms with Crippen LogP contribution in [0.15, 0.2) is 72.8 Å². The fourth-order valence-corrected chi connectivity index (χ4v) is 3.24. The first-order valence-electron chi connectivity index (χ1n) is 11.3. The highest BCUT2D eigenvalue weighted by Crippen LogP contribution is 2.11. The topological polar surface area (TPSA) is 122 Å². The number of benzene rings is 3. The van der Waals surface area contributed by atoms with Gasteiger partial charge in [0, 0.05) is 35.3 Å². The van der Waals surface area contributed by atoms with Crippen molar-refractivity contribution in [2.75, 3.05) is 18.5 Å². The minimum Gasteiger partial charge on any atom is -0.388 e. The molecule has 5 N–H and O–H groups in total. The number of hydrogen-bond donors (Lipinski definition) is 4. The zero-order valence-electron chi connectivity index (χ0n) is 19.5. The first-order chi connectivity index (χ1) is 17.4. The van der Waals surface area contributed by atoms with E-state index < -0.39 is 24.3 Å². The third-order valence-corrected chi connectivity index (χ3v) is 5.31. The van der Waals surface area contributed by atoms with Gasteiger partial charge in [-0.25, -0.2) is 4.39 Å². The van der Waals surface area contributed by atoms with Crippen molar-refractivity contribution >= 4 is 23.3 Å². The molecule has 0 spiro atoms. The molecule has 0 aliphatic heterocycles. The van der Waals surface area contributed by atoms with Crippen LogP contribution in [0.25, 0.3) is 0 Å². The van der Waals surface area contributed by atoms with Crippen molar-refractivity contribution in [2.45, 2.75) is 18.9 Å². The zero-order chi connectivity index (χ0) is 25.9. The van der Waals surface area contributed by atoms with Gasteiger partial charge < -0.3 is 21.5 Å². The summed E-state index contributed by atoms with van der Waals surface area (Å²) in [7, 11) is 0. The van der Waals surface area contributed by atoms with Gasteiger partial charge in [-0.3, -0.25) is 14.4 Å². The predicted molar refractivity (Wildman–Crippen MR) is 135 cm³/mol. The Balaban J connectivity index is 1.52. The number of aliphatic hydroxyl groups is 1. The molecule has 0 aliphatic rings. The second-order valence-corrected chi connectivity index (χ2v) is 7.97. The molecule has 3 rings (SSSR count). The second-order valence-electron chi connectivity index (χ2n) is 7.97. The predicted octanol–water partition coefficient (Wildman–Crippen LogP) is 2.42. The lowest BCUT2D eigenvalue weighted by Crippen LogP contribution is -2.46. The van der Waals surface area contributed by atoms with Gasteiger partial charge in [-0.1, -0.05) is 24.0 Å². The van der Waals surface area contributed by atoms with Crippen LogP contribution in [0, 0.1) is 17.7 Å². The lowest BCUT2D eigenvalue weighted by molar-refractivity contribution is -0.123. The van der Waals surface area contributed by atoms with Crippen LogP contribution in [-0.2, 0) is 16.0 Å². The monoisotopic (exact) mass is 487 g/mol. The minimum absolute atomic E-state index is 0.104. The summed E-state index contributed by atoms with van der Waals surface area (Å²) in [5.74, 6) is 4.56. The van der Waals surface area contributed by atoms with Gasteiger partial charge in [0.2, 0.25) is 5.91 Å². The van der Waals surface area contributed by atoms with E-state index in [9.17, 15) is 18.8 Å². The standard InChI is InChI=1S/C28H26FN3O4/c29-23-12-5-21(6-13-23)9-16-27(35)31-24-14-7-20(8-15-24)2-1-19-3-10-22(11-4-19)28(36)32-25(17-30)26(34)18-33/h3-8,10-15,25,33H,9,16-18,30H2,(H,31,35)(H,32,36)/t25-/m0/s1. The highest BCUT2D eigenvalue weighted by Gasteiger charge is 2.18. The molecular weight excluding hydrogens is 461 g/mol. The van der Waals surface area contributed by atoms with Crippen molar-refractivity contribution in [3.63, 3.8) is 0 Å². The quantitative estimate of drug-likeness (QED) is 0.346. The number of nitrogens with two attached hydrogens (primary N) is 1. The van der Waals surface area contributed by atoms with Crippen molar-refractivity contribution in [3.8, 4) is 11.8 Å². The third kappa shape index (κ3) is 7.87. The number of aliphatic hydroxyl groups excluding tert-OH is 1. The van der Waals surface area contributed by atoms with E-state index in [4.69, 9.17) is 10.8 Å². The fourth-order valence-electron chi connectivity index (χ4n) is 3.24. The molecule has 0 unspecified atom stereocenters. The number of carbonyl (C=O) groups is 3.